The Hall–Kier alpha value is -1.04. The molecule has 3 atom stereocenters. The maximum Gasteiger partial charge on any atom is 0.123 e. The number of alkyl halides is 1. The molecule has 5 heteroatoms. The topological polar surface area (TPSA) is 38.5 Å². The largest absolute Gasteiger partial charge is 0.375 e. The van der Waals surface area contributed by atoms with Gasteiger partial charge in [0.15, 0.2) is 0 Å². The molecule has 1 aromatic carbocycles. The average molecular weight is 324 g/mol. The van der Waals surface area contributed by atoms with Crippen molar-refractivity contribution in [1.82, 2.24) is 4.90 Å². The van der Waals surface area contributed by atoms with Gasteiger partial charge in [0.2, 0.25) is 0 Å². The smallest absolute Gasteiger partial charge is 0.123 e. The van der Waals surface area contributed by atoms with Crippen molar-refractivity contribution >= 4 is 0 Å². The maximum absolute atomic E-state index is 13.7. The number of ether oxygens (including phenoxy) is 1. The first-order valence-electron chi connectivity index (χ1n) is 8.60. The van der Waals surface area contributed by atoms with Crippen LogP contribution in [-0.4, -0.2) is 49.5 Å². The highest BCUT2D eigenvalue weighted by molar-refractivity contribution is 5.16. The summed E-state index contributed by atoms with van der Waals surface area (Å²) in [7, 11) is 0. The molecule has 1 unspecified atom stereocenters. The van der Waals surface area contributed by atoms with Gasteiger partial charge in [-0.15, -0.1) is 0 Å². The van der Waals surface area contributed by atoms with E-state index in [2.05, 4.69) is 4.90 Å². The van der Waals surface area contributed by atoms with E-state index < -0.39 is 12.2 Å². The van der Waals surface area contributed by atoms with E-state index in [0.717, 1.165) is 38.9 Å². The normalized spacial score (nSPS) is 30.5. The molecular formula is C18H26F2N2O. The highest BCUT2D eigenvalue weighted by Crippen LogP contribution is 2.24. The summed E-state index contributed by atoms with van der Waals surface area (Å²) in [5, 5.41) is 0. The second kappa shape index (κ2) is 7.69. The van der Waals surface area contributed by atoms with Crippen LogP contribution in [0.15, 0.2) is 24.3 Å². The zero-order chi connectivity index (χ0) is 16.2. The minimum atomic E-state index is -0.940. The Kier molecular flexibility index (Phi) is 5.62. The van der Waals surface area contributed by atoms with E-state index >= 15 is 0 Å². The van der Waals surface area contributed by atoms with Gasteiger partial charge < -0.3 is 15.4 Å². The molecule has 2 heterocycles. The molecule has 2 aliphatic rings. The summed E-state index contributed by atoms with van der Waals surface area (Å²) in [6, 6.07) is 6.30. The first-order chi connectivity index (χ1) is 11.1. The predicted octanol–water partition coefficient (Wildman–Crippen LogP) is 2.53. The molecular weight excluding hydrogens is 298 g/mol. The summed E-state index contributed by atoms with van der Waals surface area (Å²) < 4.78 is 32.3. The van der Waals surface area contributed by atoms with Crippen LogP contribution in [0.5, 0.6) is 0 Å². The van der Waals surface area contributed by atoms with Gasteiger partial charge in [0.1, 0.15) is 12.0 Å². The zero-order valence-electron chi connectivity index (χ0n) is 13.5. The lowest BCUT2D eigenvalue weighted by Crippen LogP contribution is -2.54. The highest BCUT2D eigenvalue weighted by Gasteiger charge is 2.33. The first-order valence-corrected chi connectivity index (χ1v) is 8.60. The number of halogens is 2. The van der Waals surface area contributed by atoms with Crippen LogP contribution < -0.4 is 5.73 Å². The van der Waals surface area contributed by atoms with Gasteiger partial charge in [-0.05, 0) is 56.0 Å². The van der Waals surface area contributed by atoms with Crippen LogP contribution in [0.25, 0.3) is 0 Å². The van der Waals surface area contributed by atoms with Crippen molar-refractivity contribution in [2.45, 2.75) is 44.0 Å². The third-order valence-electron chi connectivity index (χ3n) is 5.16. The molecule has 3 rings (SSSR count). The van der Waals surface area contributed by atoms with Gasteiger partial charge >= 0.3 is 0 Å². The van der Waals surface area contributed by atoms with Crippen LogP contribution >= 0.6 is 0 Å². The van der Waals surface area contributed by atoms with E-state index in [4.69, 9.17) is 10.5 Å². The zero-order valence-corrected chi connectivity index (χ0v) is 13.5. The number of likely N-dealkylation sites (tertiary alicyclic amines) is 1. The summed E-state index contributed by atoms with van der Waals surface area (Å²) >= 11 is 0. The molecule has 128 valence electrons. The summed E-state index contributed by atoms with van der Waals surface area (Å²) in [5.74, 6) is 0.449. The van der Waals surface area contributed by atoms with Gasteiger partial charge in [-0.25, -0.2) is 8.78 Å². The van der Waals surface area contributed by atoms with Crippen molar-refractivity contribution in [3.8, 4) is 0 Å². The Morgan fingerprint density at radius 1 is 1.13 bits per heavy atom. The van der Waals surface area contributed by atoms with Gasteiger partial charge in [0.25, 0.3) is 0 Å². The maximum atomic E-state index is 13.7. The minimum absolute atomic E-state index is 0.182. The predicted molar refractivity (Wildman–Crippen MR) is 86.5 cm³/mol. The fourth-order valence-corrected chi connectivity index (χ4v) is 3.62. The summed E-state index contributed by atoms with van der Waals surface area (Å²) in [5.41, 5.74) is 7.12. The lowest BCUT2D eigenvalue weighted by atomic mass is 9.89. The van der Waals surface area contributed by atoms with Crippen molar-refractivity contribution in [3.63, 3.8) is 0 Å². The molecule has 0 saturated carbocycles. The monoisotopic (exact) mass is 324 g/mol. The van der Waals surface area contributed by atoms with Gasteiger partial charge in [-0.3, -0.25) is 0 Å². The molecule has 2 saturated heterocycles. The van der Waals surface area contributed by atoms with Gasteiger partial charge in [-0.1, -0.05) is 12.1 Å². The molecule has 1 aromatic rings. The van der Waals surface area contributed by atoms with E-state index in [1.54, 1.807) is 0 Å². The average Bonchev–Trinajstić information content (AvgIpc) is 2.56. The van der Waals surface area contributed by atoms with E-state index in [0.29, 0.717) is 18.9 Å². The summed E-state index contributed by atoms with van der Waals surface area (Å²) in [6.07, 6.45) is 2.51. The van der Waals surface area contributed by atoms with Crippen LogP contribution in [0.4, 0.5) is 8.78 Å². The second-order valence-electron chi connectivity index (χ2n) is 6.87. The first kappa shape index (κ1) is 16.8. The minimum Gasteiger partial charge on any atom is -0.375 e. The number of hydrogen-bond donors (Lipinski definition) is 1. The molecule has 0 bridgehead atoms. The molecule has 0 spiro atoms. The van der Waals surface area contributed by atoms with Crippen molar-refractivity contribution in [2.24, 2.45) is 11.7 Å². The second-order valence-corrected chi connectivity index (χ2v) is 6.87. The third kappa shape index (κ3) is 4.49. The van der Waals surface area contributed by atoms with Crippen LogP contribution in [-0.2, 0) is 11.2 Å². The van der Waals surface area contributed by atoms with E-state index in [1.165, 1.54) is 17.7 Å². The van der Waals surface area contributed by atoms with Gasteiger partial charge in [-0.2, -0.15) is 0 Å². The molecule has 2 aliphatic heterocycles. The Morgan fingerprint density at radius 3 is 2.52 bits per heavy atom. The number of benzene rings is 1. The third-order valence-corrected chi connectivity index (χ3v) is 5.16. The van der Waals surface area contributed by atoms with Crippen molar-refractivity contribution in [2.75, 3.05) is 26.2 Å². The molecule has 23 heavy (non-hydrogen) atoms. The van der Waals surface area contributed by atoms with Crippen LogP contribution in [0.3, 0.4) is 0 Å². The molecule has 0 radical (unpaired) electrons. The van der Waals surface area contributed by atoms with Gasteiger partial charge in [0, 0.05) is 19.6 Å². The number of hydrogen-bond acceptors (Lipinski definition) is 3. The fraction of sp³-hybridized carbons (Fsp3) is 0.667. The molecule has 2 N–H and O–H groups in total. The number of rotatable bonds is 4. The SMILES string of the molecule is NC1[C@@H](F)CCO[C@@H]1CN1CCC(Cc2ccc(F)cc2)CC1. The number of nitrogens with zero attached hydrogens (tertiary/aromatic N) is 1. The number of nitrogens with two attached hydrogens (primary N) is 1. The molecule has 0 aromatic heterocycles. The Labute approximate surface area is 136 Å². The van der Waals surface area contributed by atoms with Crippen molar-refractivity contribution in [1.29, 1.82) is 0 Å². The Balaban J connectivity index is 1.44. The van der Waals surface area contributed by atoms with Crippen LogP contribution in [0.2, 0.25) is 0 Å². The summed E-state index contributed by atoms with van der Waals surface area (Å²) in [4.78, 5) is 2.34. The molecule has 0 amide bonds. The van der Waals surface area contributed by atoms with Crippen LogP contribution in [0, 0.1) is 11.7 Å². The molecule has 3 nitrogen and oxygen atoms in total. The van der Waals surface area contributed by atoms with E-state index in [1.807, 2.05) is 12.1 Å². The van der Waals surface area contributed by atoms with E-state index in [9.17, 15) is 8.78 Å². The fourth-order valence-electron chi connectivity index (χ4n) is 3.62. The Morgan fingerprint density at radius 2 is 1.83 bits per heavy atom. The van der Waals surface area contributed by atoms with Gasteiger partial charge in [0.05, 0.1) is 12.1 Å². The standard InChI is InChI=1S/C18H26F2N2O/c19-15-3-1-13(2-4-15)11-14-5-8-22(9-6-14)12-17-18(21)16(20)7-10-23-17/h1-4,14,16-18H,5-12,21H2/t16-,17+,18?/m0/s1. The summed E-state index contributed by atoms with van der Waals surface area (Å²) in [6.45, 7) is 3.19. The Bertz CT molecular complexity index is 488. The number of piperidine rings is 1. The van der Waals surface area contributed by atoms with Crippen molar-refractivity contribution < 1.29 is 13.5 Å². The quantitative estimate of drug-likeness (QED) is 0.925. The molecule has 0 aliphatic carbocycles. The van der Waals surface area contributed by atoms with E-state index in [-0.39, 0.29) is 11.9 Å². The van der Waals surface area contributed by atoms with Crippen molar-refractivity contribution in [3.05, 3.63) is 35.6 Å². The van der Waals surface area contributed by atoms with Crippen LogP contribution in [0.1, 0.15) is 24.8 Å². The highest BCUT2D eigenvalue weighted by atomic mass is 19.1. The lowest BCUT2D eigenvalue weighted by molar-refractivity contribution is -0.0525. The molecule has 2 fully saturated rings. The lowest BCUT2D eigenvalue weighted by Gasteiger charge is -2.38.